The Kier molecular flexibility index (Phi) is 6.04. The third-order valence-electron chi connectivity index (χ3n) is 2.81. The van der Waals surface area contributed by atoms with Crippen molar-refractivity contribution in [3.63, 3.8) is 0 Å². The summed E-state index contributed by atoms with van der Waals surface area (Å²) in [6, 6.07) is 6.25. The standard InChI is InChI=1S/C15H16FN3O3S/c1-2-22-15(21)19-14-18-11(9-23-14)7-13(20)17-8-10-5-3-4-6-12(10)16/h3-6,9H,2,7-8H2,1H3,(H,17,20)(H,18,19,21). The van der Waals surface area contributed by atoms with E-state index < -0.39 is 6.09 Å². The highest BCUT2D eigenvalue weighted by molar-refractivity contribution is 7.13. The average molecular weight is 337 g/mol. The van der Waals surface area contributed by atoms with Crippen LogP contribution in [0.4, 0.5) is 14.3 Å². The Morgan fingerprint density at radius 1 is 1.35 bits per heavy atom. The minimum Gasteiger partial charge on any atom is -0.450 e. The van der Waals surface area contributed by atoms with Gasteiger partial charge in [-0.15, -0.1) is 11.3 Å². The molecule has 0 atom stereocenters. The fraction of sp³-hybridized carbons (Fsp3) is 0.267. The quantitative estimate of drug-likeness (QED) is 0.849. The second-order valence-corrected chi connectivity index (χ2v) is 5.39. The fourth-order valence-corrected chi connectivity index (χ4v) is 2.46. The first-order chi connectivity index (χ1) is 11.1. The molecule has 2 N–H and O–H groups in total. The SMILES string of the molecule is CCOC(=O)Nc1nc(CC(=O)NCc2ccccc2F)cs1. The van der Waals surface area contributed by atoms with E-state index in [1.807, 2.05) is 0 Å². The van der Waals surface area contributed by atoms with E-state index in [0.717, 1.165) is 0 Å². The number of anilines is 1. The molecule has 0 spiro atoms. The molecule has 0 aliphatic rings. The van der Waals surface area contributed by atoms with Crippen LogP contribution in [0.5, 0.6) is 0 Å². The van der Waals surface area contributed by atoms with Crippen molar-refractivity contribution < 1.29 is 18.7 Å². The molecule has 1 aromatic heterocycles. The Morgan fingerprint density at radius 3 is 2.87 bits per heavy atom. The number of aromatic nitrogens is 1. The molecule has 2 rings (SSSR count). The zero-order chi connectivity index (χ0) is 16.7. The summed E-state index contributed by atoms with van der Waals surface area (Å²) in [5.41, 5.74) is 0.941. The number of thiazole rings is 1. The predicted octanol–water partition coefficient (Wildman–Crippen LogP) is 2.71. The summed E-state index contributed by atoms with van der Waals surface area (Å²) < 4.78 is 18.2. The third kappa shape index (κ3) is 5.33. The molecule has 0 fully saturated rings. The highest BCUT2D eigenvalue weighted by Crippen LogP contribution is 2.16. The van der Waals surface area contributed by atoms with Gasteiger partial charge in [-0.05, 0) is 13.0 Å². The van der Waals surface area contributed by atoms with E-state index >= 15 is 0 Å². The smallest absolute Gasteiger partial charge is 0.413 e. The Morgan fingerprint density at radius 2 is 2.13 bits per heavy atom. The van der Waals surface area contributed by atoms with E-state index in [2.05, 4.69) is 15.6 Å². The number of ether oxygens (including phenoxy) is 1. The molecular weight excluding hydrogens is 321 g/mol. The zero-order valence-electron chi connectivity index (χ0n) is 12.5. The van der Waals surface area contributed by atoms with Crippen molar-refractivity contribution in [2.24, 2.45) is 0 Å². The average Bonchev–Trinajstić information content (AvgIpc) is 2.93. The van der Waals surface area contributed by atoms with Crippen molar-refractivity contribution in [1.82, 2.24) is 10.3 Å². The van der Waals surface area contributed by atoms with Crippen molar-refractivity contribution in [2.45, 2.75) is 19.9 Å². The number of nitrogens with one attached hydrogen (secondary N) is 2. The van der Waals surface area contributed by atoms with Gasteiger partial charge in [-0.1, -0.05) is 18.2 Å². The van der Waals surface area contributed by atoms with Crippen molar-refractivity contribution in [3.05, 3.63) is 46.7 Å². The molecule has 0 saturated carbocycles. The molecule has 0 bridgehead atoms. The van der Waals surface area contributed by atoms with Gasteiger partial charge in [0.1, 0.15) is 5.82 Å². The molecule has 6 nitrogen and oxygen atoms in total. The maximum atomic E-state index is 13.4. The molecule has 0 aliphatic carbocycles. The lowest BCUT2D eigenvalue weighted by Gasteiger charge is -2.05. The molecule has 0 aliphatic heterocycles. The van der Waals surface area contributed by atoms with E-state index in [0.29, 0.717) is 16.4 Å². The summed E-state index contributed by atoms with van der Waals surface area (Å²) in [7, 11) is 0. The van der Waals surface area contributed by atoms with Gasteiger partial charge >= 0.3 is 6.09 Å². The largest absolute Gasteiger partial charge is 0.450 e. The molecule has 0 saturated heterocycles. The normalized spacial score (nSPS) is 10.2. The number of carbonyl (C=O) groups excluding carboxylic acids is 2. The number of hydrogen-bond donors (Lipinski definition) is 2. The molecule has 2 amide bonds. The van der Waals surface area contributed by atoms with Crippen LogP contribution in [0.2, 0.25) is 0 Å². The van der Waals surface area contributed by atoms with Gasteiger partial charge < -0.3 is 10.1 Å². The van der Waals surface area contributed by atoms with Gasteiger partial charge in [-0.25, -0.2) is 14.2 Å². The Labute approximate surface area is 136 Å². The van der Waals surface area contributed by atoms with Crippen molar-refractivity contribution in [3.8, 4) is 0 Å². The first-order valence-electron chi connectivity index (χ1n) is 6.96. The minimum atomic E-state index is -0.586. The summed E-state index contributed by atoms with van der Waals surface area (Å²) in [6.45, 7) is 2.08. The van der Waals surface area contributed by atoms with E-state index in [4.69, 9.17) is 4.74 Å². The van der Waals surface area contributed by atoms with E-state index in [1.165, 1.54) is 17.4 Å². The molecule has 0 unspecified atom stereocenters. The summed E-state index contributed by atoms with van der Waals surface area (Å²) >= 11 is 1.20. The van der Waals surface area contributed by atoms with Crippen LogP contribution in [0, 0.1) is 5.82 Å². The van der Waals surface area contributed by atoms with Gasteiger partial charge in [0.25, 0.3) is 0 Å². The summed E-state index contributed by atoms with van der Waals surface area (Å²) in [4.78, 5) is 27.2. The van der Waals surface area contributed by atoms with Gasteiger partial charge in [0.2, 0.25) is 5.91 Å². The number of benzene rings is 1. The van der Waals surface area contributed by atoms with Crippen LogP contribution >= 0.6 is 11.3 Å². The first-order valence-corrected chi connectivity index (χ1v) is 7.84. The Balaban J connectivity index is 1.82. The van der Waals surface area contributed by atoms with Crippen LogP contribution in [0.15, 0.2) is 29.6 Å². The number of nitrogens with zero attached hydrogens (tertiary/aromatic N) is 1. The maximum absolute atomic E-state index is 13.4. The fourth-order valence-electron chi connectivity index (χ4n) is 1.76. The minimum absolute atomic E-state index is 0.0510. The van der Waals surface area contributed by atoms with Crippen LogP contribution in [-0.4, -0.2) is 23.6 Å². The van der Waals surface area contributed by atoms with Crippen LogP contribution in [0.25, 0.3) is 0 Å². The molecular formula is C15H16FN3O3S. The lowest BCUT2D eigenvalue weighted by molar-refractivity contribution is -0.120. The summed E-state index contributed by atoms with van der Waals surface area (Å²) in [5, 5.41) is 7.13. The number of amides is 2. The molecule has 8 heteroatoms. The van der Waals surface area contributed by atoms with Crippen molar-refractivity contribution in [2.75, 3.05) is 11.9 Å². The second kappa shape index (κ2) is 8.23. The monoisotopic (exact) mass is 337 g/mol. The van der Waals surface area contributed by atoms with Crippen LogP contribution in [0.1, 0.15) is 18.2 Å². The Hall–Kier alpha value is -2.48. The van der Waals surface area contributed by atoms with Gasteiger partial charge in [0, 0.05) is 17.5 Å². The van der Waals surface area contributed by atoms with Crippen LogP contribution in [-0.2, 0) is 22.5 Å². The summed E-state index contributed by atoms with van der Waals surface area (Å²) in [6.07, 6.45) is -0.535. The number of rotatable bonds is 6. The third-order valence-corrected chi connectivity index (χ3v) is 3.62. The molecule has 1 aromatic carbocycles. The van der Waals surface area contributed by atoms with E-state index in [1.54, 1.807) is 30.5 Å². The van der Waals surface area contributed by atoms with Gasteiger partial charge in [0.15, 0.2) is 5.13 Å². The highest BCUT2D eigenvalue weighted by atomic mass is 32.1. The molecule has 0 radical (unpaired) electrons. The lowest BCUT2D eigenvalue weighted by Crippen LogP contribution is -2.25. The van der Waals surface area contributed by atoms with Crippen molar-refractivity contribution >= 4 is 28.5 Å². The number of halogens is 1. The van der Waals surface area contributed by atoms with Crippen LogP contribution in [0.3, 0.4) is 0 Å². The van der Waals surface area contributed by atoms with E-state index in [-0.39, 0.29) is 31.3 Å². The predicted molar refractivity (Wildman–Crippen MR) is 84.7 cm³/mol. The van der Waals surface area contributed by atoms with Crippen LogP contribution < -0.4 is 10.6 Å². The van der Waals surface area contributed by atoms with Gasteiger partial charge in [-0.3, -0.25) is 10.1 Å². The number of hydrogen-bond acceptors (Lipinski definition) is 5. The Bertz CT molecular complexity index is 690. The molecule has 1 heterocycles. The van der Waals surface area contributed by atoms with E-state index in [9.17, 15) is 14.0 Å². The molecule has 2 aromatic rings. The zero-order valence-corrected chi connectivity index (χ0v) is 13.3. The molecule has 23 heavy (non-hydrogen) atoms. The second-order valence-electron chi connectivity index (χ2n) is 4.53. The molecule has 122 valence electrons. The van der Waals surface area contributed by atoms with Gasteiger partial charge in [-0.2, -0.15) is 0 Å². The maximum Gasteiger partial charge on any atom is 0.413 e. The highest BCUT2D eigenvalue weighted by Gasteiger charge is 2.10. The summed E-state index contributed by atoms with van der Waals surface area (Å²) in [5.74, 6) is -0.636. The topological polar surface area (TPSA) is 80.3 Å². The lowest BCUT2D eigenvalue weighted by atomic mass is 10.2. The van der Waals surface area contributed by atoms with Crippen molar-refractivity contribution in [1.29, 1.82) is 0 Å². The number of carbonyl (C=O) groups is 2. The first kappa shape index (κ1) is 16.9. The van der Waals surface area contributed by atoms with Gasteiger partial charge in [0.05, 0.1) is 18.7 Å².